The number of aryl methyl sites for hydroxylation is 1. The summed E-state index contributed by atoms with van der Waals surface area (Å²) in [5.41, 5.74) is 0. The molecule has 0 aromatic carbocycles. The van der Waals surface area contributed by atoms with Crippen molar-refractivity contribution in [3.05, 3.63) is 11.7 Å². The fourth-order valence-electron chi connectivity index (χ4n) is 3.06. The van der Waals surface area contributed by atoms with E-state index in [0.717, 1.165) is 57.4 Å². The van der Waals surface area contributed by atoms with E-state index in [1.54, 1.807) is 0 Å². The number of hydrogen-bond acceptors (Lipinski definition) is 6. The molecule has 1 aromatic rings. The second-order valence-corrected chi connectivity index (χ2v) is 6.38. The molecular weight excluding hydrogens is 332 g/mol. The first-order chi connectivity index (χ1) is 11.1. The van der Waals surface area contributed by atoms with E-state index in [2.05, 4.69) is 22.0 Å². The summed E-state index contributed by atoms with van der Waals surface area (Å²) < 4.78 is 5.34. The highest BCUT2D eigenvalue weighted by Crippen LogP contribution is 2.17. The summed E-state index contributed by atoms with van der Waals surface area (Å²) in [5, 5.41) is 12.9. The molecule has 24 heavy (non-hydrogen) atoms. The molecule has 0 saturated carbocycles. The minimum atomic E-state index is -0.765. The third kappa shape index (κ3) is 6.75. The van der Waals surface area contributed by atoms with Crippen LogP contribution in [0.2, 0.25) is 0 Å². The molecular formula is C16H29ClN4O3. The van der Waals surface area contributed by atoms with E-state index in [4.69, 9.17) is 9.63 Å². The van der Waals surface area contributed by atoms with Gasteiger partial charge in [-0.2, -0.15) is 4.98 Å². The summed E-state index contributed by atoms with van der Waals surface area (Å²) in [6.07, 6.45) is 6.15. The van der Waals surface area contributed by atoms with E-state index >= 15 is 0 Å². The topological polar surface area (TPSA) is 82.7 Å². The number of halogens is 1. The zero-order valence-corrected chi connectivity index (χ0v) is 15.4. The van der Waals surface area contributed by atoms with Gasteiger partial charge in [-0.25, -0.2) is 0 Å². The second-order valence-electron chi connectivity index (χ2n) is 6.38. The van der Waals surface area contributed by atoms with Crippen molar-refractivity contribution in [2.45, 2.75) is 58.0 Å². The molecule has 138 valence electrons. The van der Waals surface area contributed by atoms with E-state index in [9.17, 15) is 4.79 Å². The molecule has 2 heterocycles. The van der Waals surface area contributed by atoms with Gasteiger partial charge < -0.3 is 9.63 Å². The van der Waals surface area contributed by atoms with Gasteiger partial charge in [0.15, 0.2) is 5.82 Å². The largest absolute Gasteiger partial charge is 0.480 e. The molecule has 1 atom stereocenters. The Kier molecular flexibility index (Phi) is 9.25. The maximum atomic E-state index is 10.8. The Hall–Kier alpha value is -1.18. The highest BCUT2D eigenvalue weighted by molar-refractivity contribution is 5.85. The van der Waals surface area contributed by atoms with Crippen LogP contribution in [0.1, 0.15) is 50.7 Å². The number of carbonyl (C=O) groups is 1. The van der Waals surface area contributed by atoms with Crippen molar-refractivity contribution in [3.8, 4) is 0 Å². The van der Waals surface area contributed by atoms with Crippen LogP contribution in [0.15, 0.2) is 4.52 Å². The smallest absolute Gasteiger partial charge is 0.317 e. The summed E-state index contributed by atoms with van der Waals surface area (Å²) in [5.74, 6) is 0.725. The van der Waals surface area contributed by atoms with Gasteiger partial charge in [0.1, 0.15) is 0 Å². The van der Waals surface area contributed by atoms with Gasteiger partial charge in [-0.3, -0.25) is 14.6 Å². The van der Waals surface area contributed by atoms with Crippen LogP contribution >= 0.6 is 12.4 Å². The summed E-state index contributed by atoms with van der Waals surface area (Å²) in [4.78, 5) is 19.6. The van der Waals surface area contributed by atoms with E-state index in [0.29, 0.717) is 18.5 Å². The van der Waals surface area contributed by atoms with Crippen molar-refractivity contribution in [3.63, 3.8) is 0 Å². The summed E-state index contributed by atoms with van der Waals surface area (Å²) in [6.45, 7) is 4.87. The summed E-state index contributed by atoms with van der Waals surface area (Å²) >= 11 is 0. The van der Waals surface area contributed by atoms with Crippen molar-refractivity contribution >= 4 is 18.4 Å². The molecule has 1 aliphatic heterocycles. The fourth-order valence-corrected chi connectivity index (χ4v) is 3.06. The standard InChI is InChI=1S/C16H28N4O3.ClH/c1-3-4-7-14-17-15(23-18-14)11-20-9-5-6-13(8-10-20)19(2)12-16(21)22;/h13H,3-12H2,1-2H3,(H,21,22);1H. The van der Waals surface area contributed by atoms with Crippen LogP contribution in [0.3, 0.4) is 0 Å². The van der Waals surface area contributed by atoms with Gasteiger partial charge in [-0.05, 0) is 39.3 Å². The molecule has 1 aliphatic rings. The fraction of sp³-hybridized carbons (Fsp3) is 0.812. The molecule has 0 bridgehead atoms. The lowest BCUT2D eigenvalue weighted by atomic mass is 10.1. The SMILES string of the molecule is CCCCc1noc(CN2CCCC(N(C)CC(=O)O)CC2)n1.Cl. The van der Waals surface area contributed by atoms with Crippen molar-refractivity contribution in [2.75, 3.05) is 26.7 Å². The second kappa shape index (κ2) is 10.6. The number of carboxylic acid groups (broad SMARTS) is 1. The van der Waals surface area contributed by atoms with Gasteiger partial charge in [-0.1, -0.05) is 18.5 Å². The molecule has 0 spiro atoms. The number of hydrogen-bond donors (Lipinski definition) is 1. The number of unbranched alkanes of at least 4 members (excludes halogenated alkanes) is 1. The lowest BCUT2D eigenvalue weighted by molar-refractivity contribution is -0.138. The molecule has 0 radical (unpaired) electrons. The number of nitrogens with zero attached hydrogens (tertiary/aromatic N) is 4. The molecule has 0 amide bonds. The number of likely N-dealkylation sites (tertiary alicyclic amines) is 1. The van der Waals surface area contributed by atoms with Gasteiger partial charge in [-0.15, -0.1) is 12.4 Å². The highest BCUT2D eigenvalue weighted by atomic mass is 35.5. The highest BCUT2D eigenvalue weighted by Gasteiger charge is 2.22. The van der Waals surface area contributed by atoms with Crippen LogP contribution in [0.25, 0.3) is 0 Å². The van der Waals surface area contributed by atoms with Crippen LogP contribution in [0.5, 0.6) is 0 Å². The first-order valence-electron chi connectivity index (χ1n) is 8.54. The van der Waals surface area contributed by atoms with E-state index in [-0.39, 0.29) is 19.0 Å². The van der Waals surface area contributed by atoms with Crippen LogP contribution < -0.4 is 0 Å². The third-order valence-electron chi connectivity index (χ3n) is 4.42. The molecule has 1 N–H and O–H groups in total. The summed E-state index contributed by atoms with van der Waals surface area (Å²) in [6, 6.07) is 0.332. The molecule has 7 nitrogen and oxygen atoms in total. The number of rotatable bonds is 8. The zero-order chi connectivity index (χ0) is 16.7. The maximum Gasteiger partial charge on any atom is 0.317 e. The van der Waals surface area contributed by atoms with Crippen LogP contribution in [-0.2, 0) is 17.8 Å². The van der Waals surface area contributed by atoms with Gasteiger partial charge in [0.05, 0.1) is 13.1 Å². The van der Waals surface area contributed by atoms with Crippen LogP contribution in [-0.4, -0.2) is 63.7 Å². The number of likely N-dealkylation sites (N-methyl/N-ethyl adjacent to an activating group) is 1. The molecule has 1 unspecified atom stereocenters. The van der Waals surface area contributed by atoms with Crippen molar-refractivity contribution < 1.29 is 14.4 Å². The average Bonchev–Trinajstić information content (AvgIpc) is 2.80. The molecule has 2 rings (SSSR count). The number of aromatic nitrogens is 2. The Morgan fingerprint density at radius 3 is 2.92 bits per heavy atom. The van der Waals surface area contributed by atoms with Crippen LogP contribution in [0.4, 0.5) is 0 Å². The summed E-state index contributed by atoms with van der Waals surface area (Å²) in [7, 11) is 1.90. The lowest BCUT2D eigenvalue weighted by Crippen LogP contribution is -2.36. The minimum absolute atomic E-state index is 0. The van der Waals surface area contributed by atoms with E-state index < -0.39 is 5.97 Å². The normalized spacial score (nSPS) is 19.0. The maximum absolute atomic E-state index is 10.8. The lowest BCUT2D eigenvalue weighted by Gasteiger charge is -2.25. The number of aliphatic carboxylic acids is 1. The van der Waals surface area contributed by atoms with Crippen molar-refractivity contribution in [1.82, 2.24) is 19.9 Å². The van der Waals surface area contributed by atoms with Gasteiger partial charge in [0, 0.05) is 19.0 Å². The zero-order valence-electron chi connectivity index (χ0n) is 14.6. The molecule has 0 aliphatic carbocycles. The van der Waals surface area contributed by atoms with Gasteiger partial charge >= 0.3 is 5.97 Å². The van der Waals surface area contributed by atoms with E-state index in [1.807, 2.05) is 11.9 Å². The monoisotopic (exact) mass is 360 g/mol. The van der Waals surface area contributed by atoms with E-state index in [1.165, 1.54) is 0 Å². The Morgan fingerprint density at radius 2 is 2.21 bits per heavy atom. The third-order valence-corrected chi connectivity index (χ3v) is 4.42. The Bertz CT molecular complexity index is 497. The Labute approximate surface area is 149 Å². The molecule has 8 heteroatoms. The number of carboxylic acids is 1. The predicted octanol–water partition coefficient (Wildman–Crippen LogP) is 2.20. The molecule has 1 fully saturated rings. The first kappa shape index (κ1) is 20.9. The minimum Gasteiger partial charge on any atom is -0.480 e. The Morgan fingerprint density at radius 1 is 1.42 bits per heavy atom. The molecule has 1 saturated heterocycles. The van der Waals surface area contributed by atoms with Crippen molar-refractivity contribution in [2.24, 2.45) is 0 Å². The predicted molar refractivity (Wildman–Crippen MR) is 93.3 cm³/mol. The van der Waals surface area contributed by atoms with Crippen molar-refractivity contribution in [1.29, 1.82) is 0 Å². The van der Waals surface area contributed by atoms with Gasteiger partial charge in [0.25, 0.3) is 0 Å². The first-order valence-corrected chi connectivity index (χ1v) is 8.54. The Balaban J connectivity index is 0.00000288. The van der Waals surface area contributed by atoms with Gasteiger partial charge in [0.2, 0.25) is 5.89 Å². The average molecular weight is 361 g/mol. The molecule has 1 aromatic heterocycles. The van der Waals surface area contributed by atoms with Crippen LogP contribution in [0, 0.1) is 0 Å². The quantitative estimate of drug-likeness (QED) is 0.760.